The van der Waals surface area contributed by atoms with Gasteiger partial charge < -0.3 is 9.88 Å². The van der Waals surface area contributed by atoms with E-state index >= 15 is 0 Å². The van der Waals surface area contributed by atoms with E-state index in [1.54, 1.807) is 6.92 Å². The third-order valence-corrected chi connectivity index (χ3v) is 4.23. The van der Waals surface area contributed by atoms with Crippen molar-refractivity contribution in [3.8, 4) is 0 Å². The second-order valence-corrected chi connectivity index (χ2v) is 6.64. The average molecular weight is 322 g/mol. The van der Waals surface area contributed by atoms with Gasteiger partial charge in [-0.1, -0.05) is 13.8 Å². The summed E-state index contributed by atoms with van der Waals surface area (Å²) < 4.78 is 1.19. The first-order valence-corrected chi connectivity index (χ1v) is 8.13. The minimum Gasteiger partial charge on any atom is -0.340 e. The van der Waals surface area contributed by atoms with Crippen LogP contribution in [0.5, 0.6) is 0 Å². The largest absolute Gasteiger partial charge is 0.340 e. The topological polar surface area (TPSA) is 78.4 Å². The molecule has 1 amide bonds. The van der Waals surface area contributed by atoms with Crippen LogP contribution in [0.2, 0.25) is 0 Å². The van der Waals surface area contributed by atoms with Crippen LogP contribution in [0, 0.1) is 12.8 Å². The molecule has 1 atom stereocenters. The van der Waals surface area contributed by atoms with Crippen molar-refractivity contribution < 1.29 is 4.79 Å². The molecule has 0 aromatic carbocycles. The fourth-order valence-electron chi connectivity index (χ4n) is 2.98. The lowest BCUT2D eigenvalue weighted by Crippen LogP contribution is -2.57. The van der Waals surface area contributed by atoms with Gasteiger partial charge in [-0.25, -0.2) is 4.79 Å². The molecule has 1 fully saturated rings. The predicted octanol–water partition coefficient (Wildman–Crippen LogP) is 0.0337. The maximum atomic E-state index is 12.4. The third kappa shape index (κ3) is 4.10. The molecular weight excluding hydrogens is 296 g/mol. The number of piperazine rings is 1. The Hall–Kier alpha value is -1.89. The van der Waals surface area contributed by atoms with E-state index < -0.39 is 5.69 Å². The van der Waals surface area contributed by atoms with Crippen LogP contribution in [0.15, 0.2) is 15.7 Å². The molecule has 7 nitrogen and oxygen atoms in total. The van der Waals surface area contributed by atoms with Gasteiger partial charge in [-0.2, -0.15) is 0 Å². The molecule has 1 saturated heterocycles. The van der Waals surface area contributed by atoms with Gasteiger partial charge >= 0.3 is 5.69 Å². The Morgan fingerprint density at radius 3 is 2.52 bits per heavy atom. The van der Waals surface area contributed by atoms with Crippen molar-refractivity contribution in [3.05, 3.63) is 32.6 Å². The summed E-state index contributed by atoms with van der Waals surface area (Å²) in [5.41, 5.74) is -0.141. The Morgan fingerprint density at radius 2 is 1.91 bits per heavy atom. The zero-order valence-corrected chi connectivity index (χ0v) is 14.3. The van der Waals surface area contributed by atoms with Gasteiger partial charge in [0.15, 0.2) is 0 Å². The summed E-state index contributed by atoms with van der Waals surface area (Å²) >= 11 is 0. The quantitative estimate of drug-likeness (QED) is 0.830. The highest BCUT2D eigenvalue weighted by molar-refractivity contribution is 5.82. The standard InChI is InChI=1S/C16H26N4O3/c1-11(2)10-19-6-5-18(13(4)15(19)22)7-8-20-14(21)9-12(3)17-16(20)23/h9,11,13H,5-8,10H2,1-4H3,(H,17,23). The van der Waals surface area contributed by atoms with Gasteiger partial charge in [0.2, 0.25) is 5.91 Å². The lowest BCUT2D eigenvalue weighted by atomic mass is 10.1. The Kier molecular flexibility index (Phi) is 5.41. The van der Waals surface area contributed by atoms with Crippen molar-refractivity contribution in [2.45, 2.75) is 40.3 Å². The molecule has 128 valence electrons. The third-order valence-electron chi connectivity index (χ3n) is 4.23. The molecule has 0 aliphatic carbocycles. The lowest BCUT2D eigenvalue weighted by molar-refractivity contribution is -0.141. The van der Waals surface area contributed by atoms with Gasteiger partial charge in [0.1, 0.15) is 0 Å². The minimum absolute atomic E-state index is 0.120. The van der Waals surface area contributed by atoms with Gasteiger partial charge in [0, 0.05) is 44.5 Å². The summed E-state index contributed by atoms with van der Waals surface area (Å²) in [5.74, 6) is 0.567. The second kappa shape index (κ2) is 7.12. The number of aromatic amines is 1. The van der Waals surface area contributed by atoms with Crippen molar-refractivity contribution in [2.75, 3.05) is 26.2 Å². The SMILES string of the molecule is Cc1cc(=O)n(CCN2CCN(CC(C)C)C(=O)C2C)c(=O)[nH]1. The molecule has 1 unspecified atom stereocenters. The number of H-pyrrole nitrogens is 1. The molecule has 0 saturated carbocycles. The molecule has 1 N–H and O–H groups in total. The number of carbonyl (C=O) groups is 1. The fourth-order valence-corrected chi connectivity index (χ4v) is 2.98. The molecule has 0 radical (unpaired) electrons. The van der Waals surface area contributed by atoms with E-state index in [2.05, 4.69) is 18.8 Å². The number of aryl methyl sites for hydroxylation is 1. The van der Waals surface area contributed by atoms with Gasteiger partial charge in [0.05, 0.1) is 6.04 Å². The van der Waals surface area contributed by atoms with Gasteiger partial charge in [-0.15, -0.1) is 0 Å². The maximum absolute atomic E-state index is 12.4. The van der Waals surface area contributed by atoms with Crippen molar-refractivity contribution in [3.63, 3.8) is 0 Å². The van der Waals surface area contributed by atoms with E-state index in [1.165, 1.54) is 10.6 Å². The number of hydrogen-bond acceptors (Lipinski definition) is 4. The normalized spacial score (nSPS) is 19.6. The van der Waals surface area contributed by atoms with Crippen molar-refractivity contribution in [1.29, 1.82) is 0 Å². The smallest absolute Gasteiger partial charge is 0.328 e. The minimum atomic E-state index is -0.396. The molecule has 7 heteroatoms. The molecule has 0 bridgehead atoms. The fraction of sp³-hybridized carbons (Fsp3) is 0.688. The summed E-state index contributed by atoms with van der Waals surface area (Å²) in [5, 5.41) is 0. The summed E-state index contributed by atoms with van der Waals surface area (Å²) in [6, 6.07) is 1.19. The lowest BCUT2D eigenvalue weighted by Gasteiger charge is -2.39. The number of rotatable bonds is 5. The first kappa shape index (κ1) is 17.5. The number of amides is 1. The summed E-state index contributed by atoms with van der Waals surface area (Å²) in [6.07, 6.45) is 0. The van der Waals surface area contributed by atoms with Gasteiger partial charge in [0.25, 0.3) is 5.56 Å². The Labute approximate surface area is 135 Å². The Bertz CT molecular complexity index is 645. The van der Waals surface area contributed by atoms with Gasteiger partial charge in [-0.05, 0) is 19.8 Å². The van der Waals surface area contributed by atoms with E-state index in [1.807, 2.05) is 16.7 Å². The number of hydrogen-bond donors (Lipinski definition) is 1. The second-order valence-electron chi connectivity index (χ2n) is 6.64. The van der Waals surface area contributed by atoms with E-state index in [4.69, 9.17) is 0 Å². The number of carbonyl (C=O) groups excluding carboxylic acids is 1. The molecule has 2 rings (SSSR count). The van der Waals surface area contributed by atoms with E-state index in [9.17, 15) is 14.4 Å². The van der Waals surface area contributed by atoms with Crippen molar-refractivity contribution in [2.24, 2.45) is 5.92 Å². The van der Waals surface area contributed by atoms with Crippen LogP contribution in [-0.2, 0) is 11.3 Å². The maximum Gasteiger partial charge on any atom is 0.328 e. The van der Waals surface area contributed by atoms with Crippen LogP contribution in [0.1, 0.15) is 26.5 Å². The van der Waals surface area contributed by atoms with E-state index in [0.29, 0.717) is 24.7 Å². The molecule has 1 aliphatic rings. The highest BCUT2D eigenvalue weighted by Gasteiger charge is 2.31. The average Bonchev–Trinajstić information content (AvgIpc) is 2.44. The molecule has 1 aromatic heterocycles. The van der Waals surface area contributed by atoms with Crippen LogP contribution in [0.3, 0.4) is 0 Å². The van der Waals surface area contributed by atoms with E-state index in [-0.39, 0.29) is 24.1 Å². The van der Waals surface area contributed by atoms with Crippen LogP contribution >= 0.6 is 0 Å². The monoisotopic (exact) mass is 322 g/mol. The summed E-state index contributed by atoms with van der Waals surface area (Å²) in [6.45, 7) is 10.8. The predicted molar refractivity (Wildman–Crippen MR) is 88.5 cm³/mol. The van der Waals surface area contributed by atoms with Crippen LogP contribution < -0.4 is 11.2 Å². The molecule has 0 spiro atoms. The molecule has 1 aromatic rings. The molecular formula is C16H26N4O3. The van der Waals surface area contributed by atoms with Gasteiger partial charge in [-0.3, -0.25) is 19.1 Å². The zero-order chi connectivity index (χ0) is 17.1. The first-order valence-electron chi connectivity index (χ1n) is 8.13. The summed E-state index contributed by atoms with van der Waals surface area (Å²) in [7, 11) is 0. The number of aromatic nitrogens is 2. The molecule has 23 heavy (non-hydrogen) atoms. The van der Waals surface area contributed by atoms with E-state index in [0.717, 1.165) is 13.1 Å². The highest BCUT2D eigenvalue weighted by atomic mass is 16.2. The highest BCUT2D eigenvalue weighted by Crippen LogP contribution is 2.12. The van der Waals surface area contributed by atoms with Crippen LogP contribution in [-0.4, -0.2) is 57.5 Å². The molecule has 2 heterocycles. The summed E-state index contributed by atoms with van der Waals surface area (Å²) in [4.78, 5) is 42.7. The van der Waals surface area contributed by atoms with Crippen molar-refractivity contribution in [1.82, 2.24) is 19.4 Å². The Morgan fingerprint density at radius 1 is 1.22 bits per heavy atom. The van der Waals surface area contributed by atoms with Crippen LogP contribution in [0.4, 0.5) is 0 Å². The zero-order valence-electron chi connectivity index (χ0n) is 14.3. The van der Waals surface area contributed by atoms with Crippen LogP contribution in [0.25, 0.3) is 0 Å². The Balaban J connectivity index is 2.01. The molecule has 1 aliphatic heterocycles. The number of nitrogens with zero attached hydrogens (tertiary/aromatic N) is 3. The number of nitrogens with one attached hydrogen (secondary N) is 1. The van der Waals surface area contributed by atoms with Crippen molar-refractivity contribution >= 4 is 5.91 Å². The first-order chi connectivity index (χ1) is 10.8.